The Kier molecular flexibility index (Phi) is 2.95. The highest BCUT2D eigenvalue weighted by Crippen LogP contribution is 2.17. The molecule has 0 aliphatic heterocycles. The third-order valence-corrected chi connectivity index (χ3v) is 2.79. The van der Waals surface area contributed by atoms with E-state index in [9.17, 15) is 0 Å². The summed E-state index contributed by atoms with van der Waals surface area (Å²) in [6.07, 6.45) is 4.63. The Hall–Kier alpha value is -1.77. The van der Waals surface area contributed by atoms with Gasteiger partial charge < -0.3 is 10.3 Å². The molecule has 2 N–H and O–H groups in total. The van der Waals surface area contributed by atoms with Crippen LogP contribution in [0.2, 0.25) is 0 Å². The maximum Gasteiger partial charge on any atom is 0.113 e. The minimum absolute atomic E-state index is 0.799. The predicted octanol–water partition coefficient (Wildman–Crippen LogP) is 2.38. The van der Waals surface area contributed by atoms with Crippen LogP contribution in [0.3, 0.4) is 0 Å². The van der Waals surface area contributed by atoms with Gasteiger partial charge in [-0.25, -0.2) is 4.98 Å². The van der Waals surface area contributed by atoms with Gasteiger partial charge in [0.1, 0.15) is 5.82 Å². The van der Waals surface area contributed by atoms with Crippen LogP contribution in [0, 0.1) is 6.92 Å². The van der Waals surface area contributed by atoms with Crippen molar-refractivity contribution in [1.82, 2.24) is 9.55 Å². The van der Waals surface area contributed by atoms with Crippen LogP contribution in [0.15, 0.2) is 30.6 Å². The molecule has 0 spiro atoms. The van der Waals surface area contributed by atoms with Crippen molar-refractivity contribution in [3.05, 3.63) is 47.5 Å². The van der Waals surface area contributed by atoms with Gasteiger partial charge in [-0.05, 0) is 31.0 Å². The number of nitrogens with two attached hydrogens (primary N) is 1. The molecule has 1 aromatic carbocycles. The van der Waals surface area contributed by atoms with Crippen LogP contribution < -0.4 is 5.73 Å². The van der Waals surface area contributed by atoms with Gasteiger partial charge in [-0.2, -0.15) is 0 Å². The summed E-state index contributed by atoms with van der Waals surface area (Å²) >= 11 is 0. The van der Waals surface area contributed by atoms with E-state index in [4.69, 9.17) is 5.73 Å². The normalized spacial score (nSPS) is 10.6. The Labute approximate surface area is 95.9 Å². The first-order valence-electron chi connectivity index (χ1n) is 5.55. The van der Waals surface area contributed by atoms with E-state index in [1.54, 1.807) is 0 Å². The van der Waals surface area contributed by atoms with Gasteiger partial charge in [0.15, 0.2) is 0 Å². The smallest absolute Gasteiger partial charge is 0.113 e. The molecule has 0 bridgehead atoms. The molecule has 2 rings (SSSR count). The van der Waals surface area contributed by atoms with Gasteiger partial charge in [0, 0.05) is 31.0 Å². The molecule has 0 saturated carbocycles. The molecule has 1 aromatic heterocycles. The van der Waals surface area contributed by atoms with Crippen LogP contribution in [-0.2, 0) is 13.0 Å². The summed E-state index contributed by atoms with van der Waals surface area (Å²) < 4.78 is 2.14. The number of benzene rings is 1. The van der Waals surface area contributed by atoms with Crippen LogP contribution in [0.1, 0.15) is 23.9 Å². The highest BCUT2D eigenvalue weighted by Gasteiger charge is 2.05. The number of aryl methyl sites for hydroxylation is 2. The number of imidazole rings is 1. The molecule has 84 valence electrons. The minimum atomic E-state index is 0.799. The molecule has 0 aliphatic carbocycles. The minimum Gasteiger partial charge on any atom is -0.398 e. The molecule has 0 unspecified atom stereocenters. The van der Waals surface area contributed by atoms with Gasteiger partial charge in [0.2, 0.25) is 0 Å². The first-order valence-corrected chi connectivity index (χ1v) is 5.55. The summed E-state index contributed by atoms with van der Waals surface area (Å²) in [5.74, 6) is 1.07. The Morgan fingerprint density at radius 3 is 2.88 bits per heavy atom. The molecular formula is C13H17N3. The van der Waals surface area contributed by atoms with Gasteiger partial charge in [0.25, 0.3) is 0 Å². The lowest BCUT2D eigenvalue weighted by Gasteiger charge is -2.08. The summed E-state index contributed by atoms with van der Waals surface area (Å²) in [4.78, 5) is 4.35. The molecule has 3 heteroatoms. The highest BCUT2D eigenvalue weighted by molar-refractivity contribution is 5.50. The van der Waals surface area contributed by atoms with Crippen molar-refractivity contribution in [3.63, 3.8) is 0 Å². The second-order valence-electron chi connectivity index (χ2n) is 4.01. The van der Waals surface area contributed by atoms with Crippen LogP contribution in [-0.4, -0.2) is 9.55 Å². The fourth-order valence-electron chi connectivity index (χ4n) is 1.84. The van der Waals surface area contributed by atoms with Crippen molar-refractivity contribution in [2.45, 2.75) is 26.8 Å². The van der Waals surface area contributed by atoms with Gasteiger partial charge in [-0.3, -0.25) is 0 Å². The molecule has 0 fully saturated rings. The Morgan fingerprint density at radius 1 is 1.38 bits per heavy atom. The molecule has 0 radical (unpaired) electrons. The van der Waals surface area contributed by atoms with Crippen molar-refractivity contribution in [2.75, 3.05) is 5.73 Å². The van der Waals surface area contributed by atoms with E-state index >= 15 is 0 Å². The van der Waals surface area contributed by atoms with E-state index in [1.165, 1.54) is 5.56 Å². The van der Waals surface area contributed by atoms with Crippen molar-refractivity contribution in [1.29, 1.82) is 0 Å². The maximum atomic E-state index is 5.99. The van der Waals surface area contributed by atoms with E-state index in [2.05, 4.69) is 28.6 Å². The fourth-order valence-corrected chi connectivity index (χ4v) is 1.84. The maximum absolute atomic E-state index is 5.99. The number of rotatable bonds is 3. The number of nitrogens with zero attached hydrogens (tertiary/aromatic N) is 2. The van der Waals surface area contributed by atoms with Crippen LogP contribution in [0.5, 0.6) is 0 Å². The van der Waals surface area contributed by atoms with Crippen molar-refractivity contribution < 1.29 is 0 Å². The highest BCUT2D eigenvalue weighted by atomic mass is 15.0. The Morgan fingerprint density at radius 2 is 2.19 bits per heavy atom. The standard InChI is InChI=1S/C13H17N3/c1-3-16-7-6-15-13(16)9-11-5-4-10(2)8-12(11)14/h4-8H,3,9,14H2,1-2H3. The predicted molar refractivity (Wildman–Crippen MR) is 66.3 cm³/mol. The number of hydrogen-bond donors (Lipinski definition) is 1. The number of aromatic nitrogens is 2. The van der Waals surface area contributed by atoms with Crippen molar-refractivity contribution >= 4 is 5.69 Å². The summed E-state index contributed by atoms with van der Waals surface area (Å²) in [6.45, 7) is 5.11. The Bertz CT molecular complexity index is 486. The number of nitrogen functional groups attached to an aromatic ring is 1. The van der Waals surface area contributed by atoms with Crippen molar-refractivity contribution in [3.8, 4) is 0 Å². The molecule has 1 heterocycles. The second-order valence-corrected chi connectivity index (χ2v) is 4.01. The van der Waals surface area contributed by atoms with Gasteiger partial charge in [-0.15, -0.1) is 0 Å². The van der Waals surface area contributed by atoms with E-state index < -0.39 is 0 Å². The van der Waals surface area contributed by atoms with Crippen LogP contribution in [0.25, 0.3) is 0 Å². The second kappa shape index (κ2) is 4.39. The van der Waals surface area contributed by atoms with Gasteiger partial charge in [-0.1, -0.05) is 12.1 Å². The van der Waals surface area contributed by atoms with Gasteiger partial charge >= 0.3 is 0 Å². The molecule has 0 aliphatic rings. The lowest BCUT2D eigenvalue weighted by Crippen LogP contribution is -2.04. The zero-order valence-corrected chi connectivity index (χ0v) is 9.77. The molecule has 0 saturated heterocycles. The molecule has 16 heavy (non-hydrogen) atoms. The van der Waals surface area contributed by atoms with Crippen LogP contribution in [0.4, 0.5) is 5.69 Å². The average Bonchev–Trinajstić information content (AvgIpc) is 2.69. The van der Waals surface area contributed by atoms with E-state index in [1.807, 2.05) is 25.4 Å². The zero-order chi connectivity index (χ0) is 11.5. The van der Waals surface area contributed by atoms with Crippen LogP contribution >= 0.6 is 0 Å². The SMILES string of the molecule is CCn1ccnc1Cc1ccc(C)cc1N. The fraction of sp³-hybridized carbons (Fsp3) is 0.308. The van der Waals surface area contributed by atoms with E-state index in [0.717, 1.165) is 30.0 Å². The number of hydrogen-bond acceptors (Lipinski definition) is 2. The molecule has 3 nitrogen and oxygen atoms in total. The summed E-state index contributed by atoms with van der Waals surface area (Å²) in [6, 6.07) is 6.18. The van der Waals surface area contributed by atoms with Crippen molar-refractivity contribution in [2.24, 2.45) is 0 Å². The number of anilines is 1. The third-order valence-electron chi connectivity index (χ3n) is 2.79. The first kappa shape index (κ1) is 10.7. The third kappa shape index (κ3) is 2.08. The monoisotopic (exact) mass is 215 g/mol. The lowest BCUT2D eigenvalue weighted by atomic mass is 10.1. The molecule has 0 atom stereocenters. The average molecular weight is 215 g/mol. The molecule has 0 amide bonds. The molecule has 2 aromatic rings. The topological polar surface area (TPSA) is 43.8 Å². The zero-order valence-electron chi connectivity index (χ0n) is 9.77. The quantitative estimate of drug-likeness (QED) is 0.799. The first-order chi connectivity index (χ1) is 7.70. The summed E-state index contributed by atoms with van der Waals surface area (Å²) in [5.41, 5.74) is 9.18. The van der Waals surface area contributed by atoms with Gasteiger partial charge in [0.05, 0.1) is 0 Å². The molecular weight excluding hydrogens is 198 g/mol. The van der Waals surface area contributed by atoms with E-state index in [0.29, 0.717) is 0 Å². The lowest BCUT2D eigenvalue weighted by molar-refractivity contribution is 0.712. The Balaban J connectivity index is 2.27. The summed E-state index contributed by atoms with van der Waals surface area (Å²) in [7, 11) is 0. The summed E-state index contributed by atoms with van der Waals surface area (Å²) in [5, 5.41) is 0. The largest absolute Gasteiger partial charge is 0.398 e. The van der Waals surface area contributed by atoms with E-state index in [-0.39, 0.29) is 0 Å².